The minimum Gasteiger partial charge on any atom is -0.321 e. The van der Waals surface area contributed by atoms with Gasteiger partial charge in [-0.1, -0.05) is 60.5 Å². The Labute approximate surface area is 289 Å². The molecule has 0 aliphatic carbocycles. The topological polar surface area (TPSA) is 100 Å². The van der Waals surface area contributed by atoms with Crippen LogP contribution < -0.4 is 16.0 Å². The van der Waals surface area contributed by atoms with Gasteiger partial charge >= 0.3 is 0 Å². The maximum absolute atomic E-state index is 13.5. The lowest BCUT2D eigenvalue weighted by molar-refractivity contribution is -0.116. The Balaban J connectivity index is 1.29. The van der Waals surface area contributed by atoms with Crippen LogP contribution in [-0.4, -0.2) is 28.0 Å². The first-order chi connectivity index (χ1) is 22.7. The van der Waals surface area contributed by atoms with Crippen LogP contribution in [-0.2, 0) is 9.59 Å². The zero-order valence-electron chi connectivity index (χ0n) is 24.8. The average Bonchev–Trinajstić information content (AvgIpc) is 3.53. The van der Waals surface area contributed by atoms with Crippen LogP contribution in [0.25, 0.3) is 17.3 Å². The quantitative estimate of drug-likeness (QED) is 0.0941. The van der Waals surface area contributed by atoms with Crippen molar-refractivity contribution in [3.8, 4) is 11.3 Å². The molecule has 0 aliphatic heterocycles. The molecule has 3 N–H and O–H groups in total. The molecule has 238 valence electrons. The molecule has 0 aliphatic rings. The monoisotopic (exact) mass is 704 g/mol. The summed E-state index contributed by atoms with van der Waals surface area (Å²) >= 11 is 15.0. The Morgan fingerprint density at radius 1 is 0.936 bits per heavy atom. The summed E-state index contributed by atoms with van der Waals surface area (Å²) < 4.78 is 13.3. The zero-order valence-corrected chi connectivity index (χ0v) is 27.9. The standard InChI is InChI=1S/C35H27Cl2FN4O3S2/c1-2-31(34(45)42-35-41-30(20-46-35)21-12-15-25(38)16-13-21)47-27-10-6-9-26(19-27)39-33(44)29(17-23-11-14-24(36)18-28(23)37)40-32(43)22-7-4-3-5-8-22/h3-20,31H,2H2,1H3,(H,39,44)(H,40,43)(H,41,42,45)/b29-17+. The van der Waals surface area contributed by atoms with Crippen LogP contribution in [0.5, 0.6) is 0 Å². The molecule has 0 saturated carbocycles. The largest absolute Gasteiger partial charge is 0.321 e. The van der Waals surface area contributed by atoms with Gasteiger partial charge in [0.05, 0.1) is 10.9 Å². The second-order valence-electron chi connectivity index (χ2n) is 10.1. The van der Waals surface area contributed by atoms with Crippen LogP contribution in [0.2, 0.25) is 10.0 Å². The van der Waals surface area contributed by atoms with E-state index in [0.717, 1.165) is 10.5 Å². The lowest BCUT2D eigenvalue weighted by atomic mass is 10.1. The Morgan fingerprint density at radius 3 is 2.43 bits per heavy atom. The number of halogens is 3. The molecule has 3 amide bonds. The smallest absolute Gasteiger partial charge is 0.272 e. The molecule has 0 fully saturated rings. The van der Waals surface area contributed by atoms with E-state index in [0.29, 0.717) is 44.1 Å². The van der Waals surface area contributed by atoms with Gasteiger partial charge in [0.15, 0.2) is 5.13 Å². The van der Waals surface area contributed by atoms with Crippen molar-refractivity contribution in [1.82, 2.24) is 10.3 Å². The highest BCUT2D eigenvalue weighted by molar-refractivity contribution is 8.00. The number of anilines is 2. The van der Waals surface area contributed by atoms with E-state index in [9.17, 15) is 18.8 Å². The number of rotatable bonds is 11. The molecule has 12 heteroatoms. The van der Waals surface area contributed by atoms with Gasteiger partial charge in [-0.2, -0.15) is 0 Å². The molecular weight excluding hydrogens is 678 g/mol. The molecule has 0 saturated heterocycles. The molecule has 1 unspecified atom stereocenters. The van der Waals surface area contributed by atoms with E-state index in [1.165, 1.54) is 41.3 Å². The molecule has 1 atom stereocenters. The van der Waals surface area contributed by atoms with E-state index in [4.69, 9.17) is 23.2 Å². The van der Waals surface area contributed by atoms with Crippen molar-refractivity contribution in [2.24, 2.45) is 0 Å². The van der Waals surface area contributed by atoms with Gasteiger partial charge in [0.1, 0.15) is 11.5 Å². The van der Waals surface area contributed by atoms with Crippen molar-refractivity contribution in [2.75, 3.05) is 10.6 Å². The third-order valence-electron chi connectivity index (χ3n) is 6.70. The van der Waals surface area contributed by atoms with E-state index in [1.54, 1.807) is 84.2 Å². The number of hydrogen-bond donors (Lipinski definition) is 3. The average molecular weight is 706 g/mol. The number of aromatic nitrogens is 1. The number of amides is 3. The van der Waals surface area contributed by atoms with Crippen molar-refractivity contribution in [2.45, 2.75) is 23.5 Å². The van der Waals surface area contributed by atoms with E-state index in [2.05, 4.69) is 20.9 Å². The first kappa shape index (κ1) is 33.9. The van der Waals surface area contributed by atoms with Gasteiger partial charge in [-0.05, 0) is 84.8 Å². The van der Waals surface area contributed by atoms with Crippen LogP contribution in [0, 0.1) is 5.82 Å². The molecule has 1 aromatic heterocycles. The Hall–Kier alpha value is -4.48. The van der Waals surface area contributed by atoms with Gasteiger partial charge in [0.2, 0.25) is 5.91 Å². The summed E-state index contributed by atoms with van der Waals surface area (Å²) in [6.07, 6.45) is 2.01. The number of thioether (sulfide) groups is 1. The predicted molar refractivity (Wildman–Crippen MR) is 189 cm³/mol. The van der Waals surface area contributed by atoms with Gasteiger partial charge in [-0.25, -0.2) is 9.37 Å². The van der Waals surface area contributed by atoms with Crippen LogP contribution in [0.15, 0.2) is 113 Å². The van der Waals surface area contributed by atoms with Gasteiger partial charge < -0.3 is 16.0 Å². The second kappa shape index (κ2) is 15.9. The Morgan fingerprint density at radius 2 is 1.70 bits per heavy atom. The number of benzene rings is 4. The molecule has 5 aromatic rings. The normalized spacial score (nSPS) is 11.9. The highest BCUT2D eigenvalue weighted by Crippen LogP contribution is 2.31. The van der Waals surface area contributed by atoms with Crippen molar-refractivity contribution in [3.05, 3.63) is 135 Å². The zero-order chi connectivity index (χ0) is 33.3. The number of nitrogens with zero attached hydrogens (tertiary/aromatic N) is 1. The molecule has 0 bridgehead atoms. The van der Waals surface area contributed by atoms with Crippen molar-refractivity contribution >= 4 is 80.9 Å². The highest BCUT2D eigenvalue weighted by Gasteiger charge is 2.21. The van der Waals surface area contributed by atoms with Crippen LogP contribution in [0.4, 0.5) is 15.2 Å². The highest BCUT2D eigenvalue weighted by atomic mass is 35.5. The van der Waals surface area contributed by atoms with Crippen LogP contribution >= 0.6 is 46.3 Å². The lowest BCUT2D eigenvalue weighted by Gasteiger charge is -2.15. The fraction of sp³-hybridized carbons (Fsp3) is 0.0857. The predicted octanol–water partition coefficient (Wildman–Crippen LogP) is 9.18. The molecule has 0 spiro atoms. The van der Waals surface area contributed by atoms with Crippen LogP contribution in [0.1, 0.15) is 29.3 Å². The third-order valence-corrected chi connectivity index (χ3v) is 9.38. The maximum Gasteiger partial charge on any atom is 0.272 e. The fourth-order valence-corrected chi connectivity index (χ4v) is 6.52. The molecule has 0 radical (unpaired) electrons. The van der Waals surface area contributed by atoms with Crippen molar-refractivity contribution in [3.63, 3.8) is 0 Å². The molecular formula is C35H27Cl2FN4O3S2. The third kappa shape index (κ3) is 9.30. The van der Waals surface area contributed by atoms with Gasteiger partial charge in [0.25, 0.3) is 11.8 Å². The van der Waals surface area contributed by atoms with E-state index in [1.807, 2.05) is 13.0 Å². The van der Waals surface area contributed by atoms with E-state index >= 15 is 0 Å². The summed E-state index contributed by atoms with van der Waals surface area (Å²) in [5.41, 5.74) is 2.68. The summed E-state index contributed by atoms with van der Waals surface area (Å²) in [5.74, 6) is -1.60. The Kier molecular flexibility index (Phi) is 11.4. The Bertz CT molecular complexity index is 1940. The second-order valence-corrected chi connectivity index (χ2v) is 13.1. The molecule has 47 heavy (non-hydrogen) atoms. The summed E-state index contributed by atoms with van der Waals surface area (Å²) in [6.45, 7) is 1.91. The summed E-state index contributed by atoms with van der Waals surface area (Å²) in [7, 11) is 0. The minimum atomic E-state index is -0.576. The molecule has 4 aromatic carbocycles. The van der Waals surface area contributed by atoms with Crippen molar-refractivity contribution in [1.29, 1.82) is 0 Å². The number of carbonyl (C=O) groups excluding carboxylic acids is 3. The summed E-state index contributed by atoms with van der Waals surface area (Å²) in [4.78, 5) is 44.9. The van der Waals surface area contributed by atoms with Crippen LogP contribution in [0.3, 0.4) is 0 Å². The van der Waals surface area contributed by atoms with Gasteiger partial charge in [0, 0.05) is 37.1 Å². The fourth-order valence-electron chi connectivity index (χ4n) is 4.32. The summed E-state index contributed by atoms with van der Waals surface area (Å²) in [5, 5.41) is 10.9. The number of carbonyl (C=O) groups is 3. The van der Waals surface area contributed by atoms with Crippen molar-refractivity contribution < 1.29 is 18.8 Å². The number of nitrogens with one attached hydrogen (secondary N) is 3. The minimum absolute atomic E-state index is 0.0320. The van der Waals surface area contributed by atoms with E-state index < -0.39 is 17.1 Å². The summed E-state index contributed by atoms with van der Waals surface area (Å²) in [6, 6.07) is 26.4. The molecule has 5 rings (SSSR count). The first-order valence-electron chi connectivity index (χ1n) is 14.3. The number of thiazole rings is 1. The number of hydrogen-bond acceptors (Lipinski definition) is 6. The molecule has 1 heterocycles. The SMILES string of the molecule is CCC(Sc1cccc(NC(=O)/C(=C\c2ccc(Cl)cc2Cl)NC(=O)c2ccccc2)c1)C(=O)Nc1nc(-c2ccc(F)cc2)cs1. The van der Waals surface area contributed by atoms with Gasteiger partial charge in [-0.15, -0.1) is 23.1 Å². The van der Waals surface area contributed by atoms with Gasteiger partial charge in [-0.3, -0.25) is 14.4 Å². The maximum atomic E-state index is 13.5. The van der Waals surface area contributed by atoms with E-state index in [-0.39, 0.29) is 17.4 Å². The molecule has 7 nitrogen and oxygen atoms in total. The first-order valence-corrected chi connectivity index (χ1v) is 16.8. The lowest BCUT2D eigenvalue weighted by Crippen LogP contribution is -2.30.